The van der Waals surface area contributed by atoms with Gasteiger partial charge >= 0.3 is 5.97 Å². The molecule has 2 heterocycles. The number of carboxylic acids is 1. The lowest BCUT2D eigenvalue weighted by atomic mass is 10.0. The molecule has 0 saturated carbocycles. The minimum absolute atomic E-state index is 0.0502. The van der Waals surface area contributed by atoms with Gasteiger partial charge in [0.2, 0.25) is 0 Å². The number of aliphatic carboxylic acids is 1. The number of rotatable bonds is 10. The zero-order chi connectivity index (χ0) is 25.0. The quantitative estimate of drug-likeness (QED) is 0.360. The van der Waals surface area contributed by atoms with E-state index in [-0.39, 0.29) is 26.0 Å². The Morgan fingerprint density at radius 2 is 1.63 bits per heavy atom. The fraction of sp³-hybridized carbons (Fsp3) is 0.417. The molecule has 188 valence electrons. The van der Waals surface area contributed by atoms with Gasteiger partial charge in [-0.15, -0.1) is 0 Å². The second kappa shape index (κ2) is 13.4. The van der Waals surface area contributed by atoms with Gasteiger partial charge in [0.25, 0.3) is 12.9 Å². The number of ether oxygens (including phenoxy) is 2. The zero-order valence-corrected chi connectivity index (χ0v) is 19.5. The fourth-order valence-electron chi connectivity index (χ4n) is 4.12. The average Bonchev–Trinajstić information content (AvgIpc) is 2.83. The van der Waals surface area contributed by atoms with E-state index >= 15 is 0 Å². The van der Waals surface area contributed by atoms with E-state index in [1.807, 2.05) is 57.2 Å². The molecular formula is C24H31N5O6. The molecule has 11 nitrogen and oxygen atoms in total. The molecule has 3 rings (SSSR count). The molecule has 2 aromatic rings. The number of carboxylic acid groups (broad SMARTS) is 1. The summed E-state index contributed by atoms with van der Waals surface area (Å²) in [7, 11) is 0. The number of carbonyl (C=O) groups is 3. The molecule has 0 amide bonds. The van der Waals surface area contributed by atoms with Crippen LogP contribution in [0.1, 0.15) is 17.0 Å². The van der Waals surface area contributed by atoms with E-state index in [1.165, 1.54) is 0 Å². The number of nitrogen functional groups attached to an aromatic ring is 1. The lowest BCUT2D eigenvalue weighted by Gasteiger charge is -2.36. The lowest BCUT2D eigenvalue weighted by Crippen LogP contribution is -2.49. The topological polar surface area (TPSA) is 139 Å². The van der Waals surface area contributed by atoms with E-state index < -0.39 is 5.97 Å². The van der Waals surface area contributed by atoms with Crippen molar-refractivity contribution in [1.82, 2.24) is 19.7 Å². The molecule has 0 spiro atoms. The summed E-state index contributed by atoms with van der Waals surface area (Å²) in [6.45, 7) is 2.98. The van der Waals surface area contributed by atoms with Gasteiger partial charge < -0.3 is 20.3 Å². The number of aromatic nitrogens is 1. The van der Waals surface area contributed by atoms with Crippen LogP contribution < -0.4 is 5.73 Å². The first-order valence-corrected chi connectivity index (χ1v) is 11.3. The Labute approximate surface area is 204 Å². The number of nitrogens with two attached hydrogens (primary N) is 1. The van der Waals surface area contributed by atoms with Gasteiger partial charge in [0, 0.05) is 44.5 Å². The first-order valence-electron chi connectivity index (χ1n) is 11.3. The molecule has 1 aliphatic heterocycles. The first kappa shape index (κ1) is 26.1. The molecule has 3 N–H and O–H groups in total. The Kier molecular flexibility index (Phi) is 9.96. The number of fused-ring (bicyclic) bond motifs is 2. The second-order valence-electron chi connectivity index (χ2n) is 8.43. The summed E-state index contributed by atoms with van der Waals surface area (Å²) in [5.41, 5.74) is 9.00. The molecule has 1 aliphatic rings. The van der Waals surface area contributed by atoms with E-state index in [2.05, 4.69) is 0 Å². The van der Waals surface area contributed by atoms with Crippen LogP contribution in [-0.4, -0.2) is 89.4 Å². The maximum absolute atomic E-state index is 11.8. The minimum atomic E-state index is -0.941. The number of carbonyl (C=O) groups excluding carboxylic acids is 2. The third-order valence-corrected chi connectivity index (χ3v) is 5.77. The third-order valence-electron chi connectivity index (χ3n) is 5.77. The molecule has 0 aliphatic carbocycles. The van der Waals surface area contributed by atoms with Gasteiger partial charge in [-0.1, -0.05) is 18.2 Å². The van der Waals surface area contributed by atoms with E-state index in [0.717, 1.165) is 17.0 Å². The van der Waals surface area contributed by atoms with Gasteiger partial charge in [-0.3, -0.25) is 34.1 Å². The van der Waals surface area contributed by atoms with Crippen LogP contribution in [0.25, 0.3) is 0 Å². The number of pyridine rings is 1. The van der Waals surface area contributed by atoms with E-state index in [0.29, 0.717) is 57.8 Å². The van der Waals surface area contributed by atoms with E-state index in [1.54, 1.807) is 0 Å². The first-order chi connectivity index (χ1) is 17.0. The van der Waals surface area contributed by atoms with E-state index in [9.17, 15) is 19.5 Å². The summed E-state index contributed by atoms with van der Waals surface area (Å²) < 4.78 is 10.0. The molecule has 0 saturated heterocycles. The summed E-state index contributed by atoms with van der Waals surface area (Å²) in [6, 6.07) is 12.9. The Hall–Kier alpha value is -3.54. The molecule has 1 unspecified atom stereocenters. The summed E-state index contributed by atoms with van der Waals surface area (Å²) in [6.07, 6.45) is 0.558. The molecular weight excluding hydrogens is 454 g/mol. The maximum atomic E-state index is 11.8. The number of anilines is 1. The molecule has 0 fully saturated rings. The van der Waals surface area contributed by atoms with E-state index in [4.69, 9.17) is 20.2 Å². The molecule has 35 heavy (non-hydrogen) atoms. The molecule has 2 bridgehead atoms. The molecule has 11 heteroatoms. The SMILES string of the molecule is Nc1ccc(CC2CN(COC=O)CCN(COC=O)Cc3cccc(n3)CN2CC(=O)O)cc1. The van der Waals surface area contributed by atoms with Gasteiger partial charge in [-0.25, -0.2) is 0 Å². The van der Waals surface area contributed by atoms with Crippen molar-refractivity contribution < 1.29 is 29.0 Å². The van der Waals surface area contributed by atoms with Crippen molar-refractivity contribution in [3.05, 3.63) is 59.4 Å². The van der Waals surface area contributed by atoms with Crippen molar-refractivity contribution in [3.8, 4) is 0 Å². The minimum Gasteiger partial charge on any atom is -0.480 e. The van der Waals surface area contributed by atoms with Crippen LogP contribution in [0.5, 0.6) is 0 Å². The van der Waals surface area contributed by atoms with Crippen molar-refractivity contribution >= 4 is 24.6 Å². The van der Waals surface area contributed by atoms with Gasteiger partial charge in [-0.05, 0) is 36.2 Å². The Morgan fingerprint density at radius 1 is 1.00 bits per heavy atom. The molecule has 0 radical (unpaired) electrons. The fourth-order valence-corrected chi connectivity index (χ4v) is 4.12. The third kappa shape index (κ3) is 8.63. The van der Waals surface area contributed by atoms with Gasteiger partial charge in [0.15, 0.2) is 0 Å². The van der Waals surface area contributed by atoms with Crippen molar-refractivity contribution in [2.24, 2.45) is 0 Å². The highest BCUT2D eigenvalue weighted by Crippen LogP contribution is 2.17. The molecule has 1 aromatic heterocycles. The van der Waals surface area contributed by atoms with Crippen LogP contribution in [0.3, 0.4) is 0 Å². The van der Waals surface area contributed by atoms with Crippen molar-refractivity contribution in [2.75, 3.05) is 45.4 Å². The number of hydrogen-bond donors (Lipinski definition) is 2. The Balaban J connectivity index is 1.95. The van der Waals surface area contributed by atoms with Crippen molar-refractivity contribution in [3.63, 3.8) is 0 Å². The predicted octanol–water partition coefficient (Wildman–Crippen LogP) is 0.540. The van der Waals surface area contributed by atoms with Crippen LogP contribution in [0.15, 0.2) is 42.5 Å². The normalized spacial score (nSPS) is 18.1. The van der Waals surface area contributed by atoms with Crippen LogP contribution in [0.4, 0.5) is 5.69 Å². The number of nitrogens with zero attached hydrogens (tertiary/aromatic N) is 4. The highest BCUT2D eigenvalue weighted by molar-refractivity contribution is 5.69. The lowest BCUT2D eigenvalue weighted by molar-refractivity contribution is -0.139. The van der Waals surface area contributed by atoms with Crippen LogP contribution in [-0.2, 0) is 43.4 Å². The standard InChI is InChI=1S/C24H31N5O6/c25-20-6-4-19(5-7-20)10-23-13-28(16-35-18-31)9-8-27(15-34-17-30)11-21-2-1-3-22(26-21)12-29(23)14-24(32)33/h1-7,17-18,23H,8-16,25H2,(H,32,33). The summed E-state index contributed by atoms with van der Waals surface area (Å²) >= 11 is 0. The van der Waals surface area contributed by atoms with Crippen LogP contribution in [0.2, 0.25) is 0 Å². The highest BCUT2D eigenvalue weighted by Gasteiger charge is 2.26. The van der Waals surface area contributed by atoms with Gasteiger partial charge in [-0.2, -0.15) is 0 Å². The Bertz CT molecular complexity index is 973. The average molecular weight is 486 g/mol. The zero-order valence-electron chi connectivity index (χ0n) is 19.5. The summed E-state index contributed by atoms with van der Waals surface area (Å²) in [5, 5.41) is 9.66. The molecule has 1 aromatic carbocycles. The van der Waals surface area contributed by atoms with Crippen molar-refractivity contribution in [1.29, 1.82) is 0 Å². The maximum Gasteiger partial charge on any atom is 0.317 e. The number of hydrogen-bond acceptors (Lipinski definition) is 10. The molecule has 1 atom stereocenters. The Morgan fingerprint density at radius 3 is 2.29 bits per heavy atom. The number of benzene rings is 1. The van der Waals surface area contributed by atoms with Crippen LogP contribution >= 0.6 is 0 Å². The largest absolute Gasteiger partial charge is 0.480 e. The second-order valence-corrected chi connectivity index (χ2v) is 8.43. The highest BCUT2D eigenvalue weighted by atomic mass is 16.5. The smallest absolute Gasteiger partial charge is 0.317 e. The van der Waals surface area contributed by atoms with Crippen LogP contribution in [0, 0.1) is 0 Å². The monoisotopic (exact) mass is 485 g/mol. The summed E-state index contributed by atoms with van der Waals surface area (Å²) in [4.78, 5) is 44.0. The predicted molar refractivity (Wildman–Crippen MR) is 127 cm³/mol. The summed E-state index contributed by atoms with van der Waals surface area (Å²) in [5.74, 6) is -0.941. The van der Waals surface area contributed by atoms with Crippen molar-refractivity contribution in [2.45, 2.75) is 25.6 Å². The van der Waals surface area contributed by atoms with Gasteiger partial charge in [0.05, 0.1) is 17.9 Å². The van der Waals surface area contributed by atoms with Gasteiger partial charge in [0.1, 0.15) is 13.5 Å².